The number of amides is 1. The van der Waals surface area contributed by atoms with Crippen molar-refractivity contribution in [3.63, 3.8) is 0 Å². The molecule has 4 N–H and O–H groups in total. The number of nitrogens with zero attached hydrogens (tertiary/aromatic N) is 1. The van der Waals surface area contributed by atoms with Crippen LogP contribution in [0.25, 0.3) is 0 Å². The van der Waals surface area contributed by atoms with Crippen LogP contribution < -0.4 is 11.1 Å². The monoisotopic (exact) mass is 225 g/mol. The molecule has 86 valence electrons. The number of amidine groups is 1. The molecule has 0 saturated carbocycles. The Morgan fingerprint density at radius 1 is 1.62 bits per heavy atom. The molecule has 0 unspecified atom stereocenters. The molecule has 0 aliphatic rings. The lowest BCUT2D eigenvalue weighted by Gasteiger charge is -2.05. The van der Waals surface area contributed by atoms with Gasteiger partial charge in [0.15, 0.2) is 0 Å². The molecule has 1 rings (SSSR count). The summed E-state index contributed by atoms with van der Waals surface area (Å²) in [4.78, 5) is 11.3. The Bertz CT molecular complexity index is 432. The van der Waals surface area contributed by atoms with Crippen molar-refractivity contribution in [2.75, 3.05) is 5.32 Å². The maximum absolute atomic E-state index is 13.1. The van der Waals surface area contributed by atoms with Crippen molar-refractivity contribution < 1.29 is 14.4 Å². The van der Waals surface area contributed by atoms with Crippen LogP contribution in [0.1, 0.15) is 12.0 Å². The lowest BCUT2D eigenvalue weighted by atomic mass is 10.2. The Hall–Kier alpha value is -2.11. The zero-order valence-corrected chi connectivity index (χ0v) is 8.70. The van der Waals surface area contributed by atoms with E-state index in [1.165, 1.54) is 6.07 Å². The Labute approximate surface area is 91.8 Å². The molecule has 1 aromatic rings. The molecular formula is C10H12FN3O2. The van der Waals surface area contributed by atoms with E-state index in [4.69, 9.17) is 10.9 Å². The van der Waals surface area contributed by atoms with Gasteiger partial charge in [-0.1, -0.05) is 11.2 Å². The first-order valence-electron chi connectivity index (χ1n) is 4.55. The second-order valence-corrected chi connectivity index (χ2v) is 3.28. The van der Waals surface area contributed by atoms with Crippen LogP contribution >= 0.6 is 0 Å². The van der Waals surface area contributed by atoms with Gasteiger partial charge in [0.2, 0.25) is 5.91 Å². The third-order valence-corrected chi connectivity index (χ3v) is 1.93. The number of carbonyl (C=O) groups is 1. The number of anilines is 1. The average Bonchev–Trinajstić information content (AvgIpc) is 2.23. The Kier molecular flexibility index (Phi) is 3.82. The van der Waals surface area contributed by atoms with Gasteiger partial charge in [0, 0.05) is 5.69 Å². The predicted molar refractivity (Wildman–Crippen MR) is 57.8 cm³/mol. The van der Waals surface area contributed by atoms with E-state index in [2.05, 4.69) is 10.5 Å². The highest BCUT2D eigenvalue weighted by atomic mass is 19.1. The van der Waals surface area contributed by atoms with Crippen LogP contribution in [-0.4, -0.2) is 17.0 Å². The van der Waals surface area contributed by atoms with Gasteiger partial charge in [0.25, 0.3) is 0 Å². The molecule has 0 aliphatic carbocycles. The van der Waals surface area contributed by atoms with Crippen molar-refractivity contribution in [3.8, 4) is 0 Å². The molecule has 0 heterocycles. The van der Waals surface area contributed by atoms with Gasteiger partial charge in [0.05, 0.1) is 6.42 Å². The van der Waals surface area contributed by atoms with Gasteiger partial charge in [-0.15, -0.1) is 0 Å². The van der Waals surface area contributed by atoms with E-state index in [0.29, 0.717) is 11.3 Å². The molecule has 16 heavy (non-hydrogen) atoms. The zero-order chi connectivity index (χ0) is 12.1. The van der Waals surface area contributed by atoms with Gasteiger partial charge >= 0.3 is 0 Å². The van der Waals surface area contributed by atoms with E-state index < -0.39 is 11.7 Å². The van der Waals surface area contributed by atoms with Crippen molar-refractivity contribution in [3.05, 3.63) is 29.6 Å². The Morgan fingerprint density at radius 3 is 2.88 bits per heavy atom. The zero-order valence-electron chi connectivity index (χ0n) is 8.70. The quantitative estimate of drug-likeness (QED) is 0.312. The minimum Gasteiger partial charge on any atom is -0.409 e. The van der Waals surface area contributed by atoms with Gasteiger partial charge in [-0.3, -0.25) is 4.79 Å². The summed E-state index contributed by atoms with van der Waals surface area (Å²) >= 11 is 0. The molecule has 0 aliphatic heterocycles. The molecule has 6 heteroatoms. The first-order valence-corrected chi connectivity index (χ1v) is 4.55. The number of aryl methyl sites for hydroxylation is 1. The standard InChI is InChI=1S/C10H12FN3O2/c1-6-2-3-7(4-8(6)11)13-10(15)5-9(12)14-16/h2-4,16H,5H2,1H3,(H2,12,14)(H,13,15). The summed E-state index contributed by atoms with van der Waals surface area (Å²) in [6, 6.07) is 4.33. The third kappa shape index (κ3) is 3.23. The minimum atomic E-state index is -0.474. The van der Waals surface area contributed by atoms with E-state index in [1.54, 1.807) is 19.1 Å². The first kappa shape index (κ1) is 12.0. The SMILES string of the molecule is Cc1ccc(NC(=O)C/C(N)=N/O)cc1F. The molecule has 0 fully saturated rings. The predicted octanol–water partition coefficient (Wildman–Crippen LogP) is 1.21. The van der Waals surface area contributed by atoms with E-state index in [9.17, 15) is 9.18 Å². The van der Waals surface area contributed by atoms with E-state index in [0.717, 1.165) is 0 Å². The molecule has 1 aromatic carbocycles. The minimum absolute atomic E-state index is 0.204. The average molecular weight is 225 g/mol. The van der Waals surface area contributed by atoms with Crippen LogP contribution in [0.15, 0.2) is 23.4 Å². The molecule has 1 amide bonds. The van der Waals surface area contributed by atoms with Gasteiger partial charge in [-0.05, 0) is 24.6 Å². The molecule has 0 radical (unpaired) electrons. The van der Waals surface area contributed by atoms with Gasteiger partial charge in [0.1, 0.15) is 11.7 Å². The topological polar surface area (TPSA) is 87.7 Å². The van der Waals surface area contributed by atoms with Crippen molar-refractivity contribution >= 4 is 17.4 Å². The summed E-state index contributed by atoms with van der Waals surface area (Å²) in [7, 11) is 0. The number of halogens is 1. The second kappa shape index (κ2) is 5.11. The number of nitrogens with two attached hydrogens (primary N) is 1. The lowest BCUT2D eigenvalue weighted by Crippen LogP contribution is -2.22. The van der Waals surface area contributed by atoms with Crippen molar-refractivity contribution in [1.29, 1.82) is 0 Å². The smallest absolute Gasteiger partial charge is 0.232 e. The normalized spacial score (nSPS) is 11.2. The van der Waals surface area contributed by atoms with Crippen LogP contribution in [0, 0.1) is 12.7 Å². The second-order valence-electron chi connectivity index (χ2n) is 3.28. The Morgan fingerprint density at radius 2 is 2.31 bits per heavy atom. The molecule has 0 saturated heterocycles. The van der Waals surface area contributed by atoms with E-state index in [1.807, 2.05) is 0 Å². The third-order valence-electron chi connectivity index (χ3n) is 1.93. The number of carbonyl (C=O) groups excluding carboxylic acids is 1. The van der Waals surface area contributed by atoms with Gasteiger partial charge in [-0.25, -0.2) is 4.39 Å². The van der Waals surface area contributed by atoms with Gasteiger partial charge in [-0.2, -0.15) is 0 Å². The fraction of sp³-hybridized carbons (Fsp3) is 0.200. The highest BCUT2D eigenvalue weighted by Crippen LogP contribution is 2.13. The molecule has 0 atom stereocenters. The number of benzene rings is 1. The van der Waals surface area contributed by atoms with E-state index >= 15 is 0 Å². The number of hydrogen-bond donors (Lipinski definition) is 3. The van der Waals surface area contributed by atoms with Crippen molar-refractivity contribution in [1.82, 2.24) is 0 Å². The summed E-state index contributed by atoms with van der Waals surface area (Å²) < 4.78 is 13.1. The summed E-state index contributed by atoms with van der Waals surface area (Å²) in [6.07, 6.45) is -0.244. The molecule has 0 spiro atoms. The largest absolute Gasteiger partial charge is 0.409 e. The first-order chi connectivity index (χ1) is 7.52. The lowest BCUT2D eigenvalue weighted by molar-refractivity contribution is -0.115. The van der Waals surface area contributed by atoms with Crippen LogP contribution in [0.5, 0.6) is 0 Å². The molecular weight excluding hydrogens is 213 g/mol. The number of nitrogens with one attached hydrogen (secondary N) is 1. The fourth-order valence-electron chi connectivity index (χ4n) is 1.08. The van der Waals surface area contributed by atoms with Crippen molar-refractivity contribution in [2.45, 2.75) is 13.3 Å². The number of hydrogen-bond acceptors (Lipinski definition) is 3. The molecule has 0 aromatic heterocycles. The molecule has 0 bridgehead atoms. The Balaban J connectivity index is 2.66. The fourth-order valence-corrected chi connectivity index (χ4v) is 1.08. The maximum atomic E-state index is 13.1. The highest BCUT2D eigenvalue weighted by Gasteiger charge is 2.06. The summed E-state index contributed by atoms with van der Waals surface area (Å²) in [5.74, 6) is -1.08. The van der Waals surface area contributed by atoms with Crippen LogP contribution in [-0.2, 0) is 4.79 Å². The molecule has 5 nitrogen and oxygen atoms in total. The van der Waals surface area contributed by atoms with Crippen LogP contribution in [0.3, 0.4) is 0 Å². The van der Waals surface area contributed by atoms with Crippen molar-refractivity contribution in [2.24, 2.45) is 10.9 Å². The summed E-state index contributed by atoms with van der Waals surface area (Å²) in [5.41, 5.74) is 5.97. The summed E-state index contributed by atoms with van der Waals surface area (Å²) in [6.45, 7) is 1.62. The van der Waals surface area contributed by atoms with Crippen LogP contribution in [0.4, 0.5) is 10.1 Å². The summed E-state index contributed by atoms with van der Waals surface area (Å²) in [5, 5.41) is 13.3. The maximum Gasteiger partial charge on any atom is 0.232 e. The highest BCUT2D eigenvalue weighted by molar-refractivity contribution is 6.04. The van der Waals surface area contributed by atoms with Gasteiger partial charge < -0.3 is 16.3 Å². The van der Waals surface area contributed by atoms with E-state index in [-0.39, 0.29) is 12.3 Å². The number of rotatable bonds is 3. The van der Waals surface area contributed by atoms with Crippen LogP contribution in [0.2, 0.25) is 0 Å². The number of oxime groups is 1.